The lowest BCUT2D eigenvalue weighted by Crippen LogP contribution is -2.06. The van der Waals surface area contributed by atoms with Gasteiger partial charge >= 0.3 is 0 Å². The summed E-state index contributed by atoms with van der Waals surface area (Å²) in [7, 11) is 0. The average Bonchev–Trinajstić information content (AvgIpc) is 2.39. The summed E-state index contributed by atoms with van der Waals surface area (Å²) in [5.41, 5.74) is 1.67. The van der Waals surface area contributed by atoms with Crippen LogP contribution in [-0.2, 0) is 6.54 Å². The largest absolute Gasteiger partial charge is 0.381 e. The molecule has 0 radical (unpaired) electrons. The van der Waals surface area contributed by atoms with Crippen LogP contribution in [0, 0.1) is 29.9 Å². The van der Waals surface area contributed by atoms with Crippen molar-refractivity contribution in [3.8, 4) is 6.07 Å². The molecule has 2 aromatic rings. The van der Waals surface area contributed by atoms with Gasteiger partial charge in [0, 0.05) is 22.3 Å². The van der Waals surface area contributed by atoms with Crippen LogP contribution in [0.3, 0.4) is 0 Å². The Morgan fingerprint density at radius 1 is 1.20 bits per heavy atom. The number of anilines is 1. The van der Waals surface area contributed by atoms with Crippen LogP contribution in [-0.4, -0.2) is 0 Å². The molecule has 0 saturated carbocycles. The summed E-state index contributed by atoms with van der Waals surface area (Å²) in [6.07, 6.45) is 0. The molecule has 2 rings (SSSR count). The standard InChI is InChI=1S/C15H11BrF2N2/c1-9-4-11(16)2-3-15(9)20-8-12-13(17)5-10(7-19)6-14(12)18/h2-6,20H,8H2,1H3. The van der Waals surface area contributed by atoms with Crippen LogP contribution in [0.1, 0.15) is 16.7 Å². The van der Waals surface area contributed by atoms with Crippen LogP contribution < -0.4 is 5.32 Å². The van der Waals surface area contributed by atoms with Crippen LogP contribution in [0.2, 0.25) is 0 Å². The van der Waals surface area contributed by atoms with Gasteiger partial charge in [-0.2, -0.15) is 5.26 Å². The van der Waals surface area contributed by atoms with Crippen LogP contribution >= 0.6 is 15.9 Å². The van der Waals surface area contributed by atoms with Gasteiger partial charge in [-0.1, -0.05) is 15.9 Å². The minimum Gasteiger partial charge on any atom is -0.381 e. The maximum absolute atomic E-state index is 13.7. The molecule has 0 bridgehead atoms. The maximum atomic E-state index is 13.7. The summed E-state index contributed by atoms with van der Waals surface area (Å²) in [5.74, 6) is -1.44. The number of aryl methyl sites for hydroxylation is 1. The number of hydrogen-bond acceptors (Lipinski definition) is 2. The molecule has 0 aliphatic rings. The van der Waals surface area contributed by atoms with Gasteiger partial charge in [0.25, 0.3) is 0 Å². The van der Waals surface area contributed by atoms with Crippen molar-refractivity contribution in [1.82, 2.24) is 0 Å². The molecule has 0 aromatic heterocycles. The van der Waals surface area contributed by atoms with Crippen molar-refractivity contribution >= 4 is 21.6 Å². The zero-order valence-electron chi connectivity index (χ0n) is 10.7. The summed E-state index contributed by atoms with van der Waals surface area (Å²) in [6.45, 7) is 1.92. The Morgan fingerprint density at radius 3 is 2.40 bits per heavy atom. The van der Waals surface area contributed by atoms with Gasteiger partial charge in [-0.05, 0) is 42.8 Å². The monoisotopic (exact) mass is 336 g/mol. The molecule has 20 heavy (non-hydrogen) atoms. The number of benzene rings is 2. The minimum atomic E-state index is -0.719. The molecule has 2 aromatic carbocycles. The van der Waals surface area contributed by atoms with Gasteiger partial charge in [0.2, 0.25) is 0 Å². The van der Waals surface area contributed by atoms with Gasteiger partial charge in [0.1, 0.15) is 11.6 Å². The second kappa shape index (κ2) is 6.02. The van der Waals surface area contributed by atoms with E-state index >= 15 is 0 Å². The second-order valence-corrected chi connectivity index (χ2v) is 5.26. The lowest BCUT2D eigenvalue weighted by Gasteiger charge is -2.11. The number of nitrogens with zero attached hydrogens (tertiary/aromatic N) is 1. The van der Waals surface area contributed by atoms with Crippen LogP contribution in [0.25, 0.3) is 0 Å². The van der Waals surface area contributed by atoms with Gasteiger partial charge < -0.3 is 5.32 Å². The molecule has 2 nitrogen and oxygen atoms in total. The Hall–Kier alpha value is -1.93. The van der Waals surface area contributed by atoms with Crippen LogP contribution in [0.5, 0.6) is 0 Å². The summed E-state index contributed by atoms with van der Waals surface area (Å²) < 4.78 is 28.4. The van der Waals surface area contributed by atoms with Crippen molar-refractivity contribution in [2.45, 2.75) is 13.5 Å². The van der Waals surface area contributed by atoms with E-state index in [4.69, 9.17) is 5.26 Å². The fraction of sp³-hybridized carbons (Fsp3) is 0.133. The number of nitrogens with one attached hydrogen (secondary N) is 1. The van der Waals surface area contributed by atoms with Gasteiger partial charge in [-0.3, -0.25) is 0 Å². The highest BCUT2D eigenvalue weighted by Crippen LogP contribution is 2.22. The highest BCUT2D eigenvalue weighted by atomic mass is 79.9. The highest BCUT2D eigenvalue weighted by Gasteiger charge is 2.11. The van der Waals surface area contributed by atoms with E-state index in [1.165, 1.54) is 0 Å². The molecule has 0 amide bonds. The molecule has 0 aliphatic heterocycles. The van der Waals surface area contributed by atoms with E-state index in [-0.39, 0.29) is 17.7 Å². The summed E-state index contributed by atoms with van der Waals surface area (Å²) >= 11 is 3.35. The van der Waals surface area contributed by atoms with Crippen LogP contribution in [0.15, 0.2) is 34.8 Å². The molecule has 0 unspecified atom stereocenters. The molecule has 0 saturated heterocycles. The predicted octanol–water partition coefficient (Wildman–Crippen LogP) is 4.52. The Bertz CT molecular complexity index is 670. The molecular weight excluding hydrogens is 326 g/mol. The van der Waals surface area contributed by atoms with Gasteiger partial charge in [0.05, 0.1) is 11.6 Å². The smallest absolute Gasteiger partial charge is 0.132 e. The van der Waals surface area contributed by atoms with E-state index in [2.05, 4.69) is 21.2 Å². The first-order valence-corrected chi connectivity index (χ1v) is 6.68. The van der Waals surface area contributed by atoms with Gasteiger partial charge in [-0.15, -0.1) is 0 Å². The number of hydrogen-bond donors (Lipinski definition) is 1. The van der Waals surface area contributed by atoms with E-state index in [1.807, 2.05) is 25.1 Å². The zero-order valence-corrected chi connectivity index (χ0v) is 12.3. The quantitative estimate of drug-likeness (QED) is 0.894. The summed E-state index contributed by atoms with van der Waals surface area (Å²) in [4.78, 5) is 0. The second-order valence-electron chi connectivity index (χ2n) is 4.34. The Labute approximate surface area is 124 Å². The fourth-order valence-corrected chi connectivity index (χ4v) is 2.32. The molecular formula is C15H11BrF2N2. The summed E-state index contributed by atoms with van der Waals surface area (Å²) in [6, 6.07) is 9.38. The Balaban J connectivity index is 2.21. The molecule has 0 fully saturated rings. The zero-order chi connectivity index (χ0) is 14.7. The molecule has 102 valence electrons. The first-order valence-electron chi connectivity index (χ1n) is 5.89. The molecule has 0 heterocycles. The van der Waals surface area contributed by atoms with E-state index in [0.717, 1.165) is 27.9 Å². The van der Waals surface area contributed by atoms with Crippen molar-refractivity contribution in [3.63, 3.8) is 0 Å². The van der Waals surface area contributed by atoms with Crippen molar-refractivity contribution in [1.29, 1.82) is 5.26 Å². The van der Waals surface area contributed by atoms with E-state index < -0.39 is 11.6 Å². The van der Waals surface area contributed by atoms with Gasteiger partial charge in [0.15, 0.2) is 0 Å². The molecule has 0 aliphatic carbocycles. The van der Waals surface area contributed by atoms with Crippen molar-refractivity contribution in [3.05, 3.63) is 63.1 Å². The lowest BCUT2D eigenvalue weighted by molar-refractivity contribution is 0.559. The van der Waals surface area contributed by atoms with E-state index in [9.17, 15) is 8.78 Å². The molecule has 1 N–H and O–H groups in total. The van der Waals surface area contributed by atoms with Crippen LogP contribution in [0.4, 0.5) is 14.5 Å². The summed E-state index contributed by atoms with van der Waals surface area (Å²) in [5, 5.41) is 11.6. The van der Waals surface area contributed by atoms with Crippen molar-refractivity contribution < 1.29 is 8.78 Å². The molecule has 0 spiro atoms. The molecule has 5 heteroatoms. The maximum Gasteiger partial charge on any atom is 0.132 e. The van der Waals surface area contributed by atoms with Crippen molar-refractivity contribution in [2.75, 3.05) is 5.32 Å². The number of halogens is 3. The highest BCUT2D eigenvalue weighted by molar-refractivity contribution is 9.10. The van der Waals surface area contributed by atoms with E-state index in [0.29, 0.717) is 0 Å². The Morgan fingerprint density at radius 2 is 1.85 bits per heavy atom. The lowest BCUT2D eigenvalue weighted by atomic mass is 10.1. The third kappa shape index (κ3) is 3.14. The first kappa shape index (κ1) is 14.5. The first-order chi connectivity index (χ1) is 9.51. The predicted molar refractivity (Wildman–Crippen MR) is 77.3 cm³/mol. The van der Waals surface area contributed by atoms with E-state index in [1.54, 1.807) is 6.07 Å². The minimum absolute atomic E-state index is 0.0197. The Kier molecular flexibility index (Phi) is 4.35. The normalized spacial score (nSPS) is 10.2. The molecule has 0 atom stereocenters. The average molecular weight is 337 g/mol. The van der Waals surface area contributed by atoms with Gasteiger partial charge in [-0.25, -0.2) is 8.78 Å². The topological polar surface area (TPSA) is 35.8 Å². The fourth-order valence-electron chi connectivity index (χ4n) is 1.85. The third-order valence-corrected chi connectivity index (χ3v) is 3.41. The number of rotatable bonds is 3. The van der Waals surface area contributed by atoms with Crippen molar-refractivity contribution in [2.24, 2.45) is 0 Å². The number of nitriles is 1. The SMILES string of the molecule is Cc1cc(Br)ccc1NCc1c(F)cc(C#N)cc1F. The third-order valence-electron chi connectivity index (χ3n) is 2.91.